The zero-order valence-electron chi connectivity index (χ0n) is 34.7. The largest absolute Gasteiger partial charge is 0.480 e. The zero-order valence-corrected chi connectivity index (χ0v) is 35.6. The molecule has 10 nitrogen and oxygen atoms in total. The third kappa shape index (κ3) is 39.4. The molecule has 0 aliphatic heterocycles. The van der Waals surface area contributed by atoms with Gasteiger partial charge in [-0.3, -0.25) is 18.6 Å². The van der Waals surface area contributed by atoms with Crippen molar-refractivity contribution < 1.29 is 42.7 Å². The van der Waals surface area contributed by atoms with Crippen molar-refractivity contribution in [2.24, 2.45) is 5.73 Å². The Morgan fingerprint density at radius 3 is 1.57 bits per heavy atom. The molecule has 0 fully saturated rings. The number of carbonyl (C=O) groups is 2. The molecule has 11 heteroatoms. The molecule has 0 bridgehead atoms. The number of phosphoric ester groups is 1. The number of phosphoric acid groups is 1. The lowest BCUT2D eigenvalue weighted by Gasteiger charge is -2.20. The first-order valence-corrected chi connectivity index (χ1v) is 22.6. The molecule has 0 rings (SSSR count). The van der Waals surface area contributed by atoms with E-state index in [4.69, 9.17) is 29.4 Å². The van der Waals surface area contributed by atoms with E-state index in [2.05, 4.69) is 98.9 Å². The van der Waals surface area contributed by atoms with Crippen molar-refractivity contribution in [3.63, 3.8) is 0 Å². The van der Waals surface area contributed by atoms with Gasteiger partial charge in [0.15, 0.2) is 0 Å². The molecule has 0 radical (unpaired) electrons. The van der Waals surface area contributed by atoms with E-state index < -0.39 is 45.1 Å². The van der Waals surface area contributed by atoms with Gasteiger partial charge in [0.2, 0.25) is 0 Å². The monoisotopic (exact) mass is 806 g/mol. The predicted octanol–water partition coefficient (Wildman–Crippen LogP) is 11.6. The fourth-order valence-electron chi connectivity index (χ4n) is 5.14. The van der Waals surface area contributed by atoms with Crippen LogP contribution in [0.3, 0.4) is 0 Å². The summed E-state index contributed by atoms with van der Waals surface area (Å²) in [6.45, 7) is 3.57. The molecule has 0 amide bonds. The maximum Gasteiger partial charge on any atom is 0.472 e. The highest BCUT2D eigenvalue weighted by molar-refractivity contribution is 7.47. The van der Waals surface area contributed by atoms with Gasteiger partial charge in [-0.05, 0) is 83.5 Å². The minimum absolute atomic E-state index is 0.0314. The van der Waals surface area contributed by atoms with E-state index in [1.165, 1.54) is 32.1 Å². The predicted molar refractivity (Wildman–Crippen MR) is 230 cm³/mol. The van der Waals surface area contributed by atoms with Crippen LogP contribution in [0.1, 0.15) is 149 Å². The number of hydrogen-bond donors (Lipinski definition) is 3. The van der Waals surface area contributed by atoms with Crippen LogP contribution in [0.25, 0.3) is 0 Å². The van der Waals surface area contributed by atoms with Crippen LogP contribution < -0.4 is 5.73 Å². The Morgan fingerprint density at radius 2 is 1.04 bits per heavy atom. The highest BCUT2D eigenvalue weighted by Crippen LogP contribution is 2.43. The number of unbranched alkanes of at least 4 members (excludes halogenated alkanes) is 11. The second-order valence-electron chi connectivity index (χ2n) is 13.7. The van der Waals surface area contributed by atoms with Crippen LogP contribution in [0.15, 0.2) is 85.1 Å². The van der Waals surface area contributed by atoms with Gasteiger partial charge in [-0.2, -0.15) is 0 Å². The average Bonchev–Trinajstić information content (AvgIpc) is 3.18. The van der Waals surface area contributed by atoms with Gasteiger partial charge in [0.1, 0.15) is 12.1 Å². The van der Waals surface area contributed by atoms with Crippen LogP contribution in [0.2, 0.25) is 0 Å². The Balaban J connectivity index is 4.40. The van der Waals surface area contributed by atoms with Crippen molar-refractivity contribution in [2.75, 3.05) is 26.4 Å². The lowest BCUT2D eigenvalue weighted by molar-refractivity contribution is -0.154. The minimum Gasteiger partial charge on any atom is -0.480 e. The van der Waals surface area contributed by atoms with Crippen LogP contribution in [-0.2, 0) is 32.7 Å². The van der Waals surface area contributed by atoms with E-state index in [0.717, 1.165) is 89.9 Å². The van der Waals surface area contributed by atoms with Crippen LogP contribution in [0.4, 0.5) is 0 Å². The average molecular weight is 806 g/mol. The summed E-state index contributed by atoms with van der Waals surface area (Å²) in [7, 11) is -4.64. The van der Waals surface area contributed by atoms with Gasteiger partial charge < -0.3 is 25.2 Å². The maximum absolute atomic E-state index is 12.6. The molecule has 0 aromatic heterocycles. The van der Waals surface area contributed by atoms with Gasteiger partial charge in [0.25, 0.3) is 0 Å². The van der Waals surface area contributed by atoms with Crippen LogP contribution in [0, 0.1) is 0 Å². The van der Waals surface area contributed by atoms with Gasteiger partial charge >= 0.3 is 19.8 Å². The first-order valence-electron chi connectivity index (χ1n) is 21.1. The number of esters is 1. The molecule has 0 saturated heterocycles. The van der Waals surface area contributed by atoms with Crippen molar-refractivity contribution in [3.8, 4) is 0 Å². The van der Waals surface area contributed by atoms with Gasteiger partial charge in [0.05, 0.1) is 19.8 Å². The smallest absolute Gasteiger partial charge is 0.472 e. The third-order valence-electron chi connectivity index (χ3n) is 8.41. The molecule has 0 spiro atoms. The second-order valence-corrected chi connectivity index (χ2v) is 15.2. The Bertz CT molecular complexity index is 1210. The van der Waals surface area contributed by atoms with E-state index in [1.54, 1.807) is 0 Å². The number of ether oxygens (including phenoxy) is 2. The number of rotatable bonds is 39. The molecule has 3 atom stereocenters. The summed E-state index contributed by atoms with van der Waals surface area (Å²) in [5.74, 6) is -1.82. The van der Waals surface area contributed by atoms with Gasteiger partial charge in [-0.1, -0.05) is 144 Å². The summed E-state index contributed by atoms with van der Waals surface area (Å²) in [5, 5.41) is 8.89. The highest BCUT2D eigenvalue weighted by atomic mass is 31.2. The number of aliphatic carboxylic acids is 1. The van der Waals surface area contributed by atoms with E-state index in [-0.39, 0.29) is 13.0 Å². The molecule has 3 unspecified atom stereocenters. The standard InChI is InChI=1S/C45H76NO9P/c1-3-5-7-9-11-13-15-17-19-20-21-22-23-24-26-28-30-32-34-36-38-52-39-42(40-53-56(50,51)54-41-43(46)45(48)49)55-44(47)37-35-33-31-29-27-25-18-16-14-12-10-8-6-4-2/h5,7,11,13,16-19,21-22,24,26,30,32,42-43H,3-4,6,8-10,12,14-15,20,23,25,27-29,31,33-41,46H2,1-2H3,(H,48,49)(H,50,51)/b7-5-,13-11-,18-16-,19-17-,22-21-,26-24-,32-30-. The lowest BCUT2D eigenvalue weighted by atomic mass is 10.1. The topological polar surface area (TPSA) is 155 Å². The van der Waals surface area contributed by atoms with Crippen LogP contribution >= 0.6 is 7.82 Å². The summed E-state index contributed by atoms with van der Waals surface area (Å²) >= 11 is 0. The normalized spacial score (nSPS) is 14.8. The molecular formula is C45H76NO9P. The maximum atomic E-state index is 12.6. The molecule has 0 saturated carbocycles. The van der Waals surface area contributed by atoms with Gasteiger partial charge in [0, 0.05) is 13.0 Å². The number of carboxylic acids is 1. The molecule has 56 heavy (non-hydrogen) atoms. The molecule has 4 N–H and O–H groups in total. The summed E-state index contributed by atoms with van der Waals surface area (Å²) in [6, 6.07) is -1.49. The summed E-state index contributed by atoms with van der Waals surface area (Å²) < 4.78 is 33.2. The number of allylic oxidation sites excluding steroid dienone is 14. The number of carbonyl (C=O) groups excluding carboxylic acids is 1. The van der Waals surface area contributed by atoms with Crippen LogP contribution in [-0.4, -0.2) is 60.5 Å². The lowest BCUT2D eigenvalue weighted by Crippen LogP contribution is -2.34. The van der Waals surface area contributed by atoms with Crippen molar-refractivity contribution in [3.05, 3.63) is 85.1 Å². The molecule has 320 valence electrons. The molecule has 0 aromatic carbocycles. The zero-order chi connectivity index (χ0) is 41.2. The molecular weight excluding hydrogens is 729 g/mol. The van der Waals surface area contributed by atoms with Crippen LogP contribution in [0.5, 0.6) is 0 Å². The molecule has 0 aliphatic carbocycles. The second kappa shape index (κ2) is 40.4. The molecule has 0 heterocycles. The number of carboxylic acid groups (broad SMARTS) is 1. The number of nitrogens with two attached hydrogens (primary N) is 1. The Kier molecular flexibility index (Phi) is 38.3. The first-order chi connectivity index (χ1) is 27.2. The van der Waals surface area contributed by atoms with E-state index >= 15 is 0 Å². The summed E-state index contributed by atoms with van der Waals surface area (Å²) in [4.78, 5) is 33.5. The highest BCUT2D eigenvalue weighted by Gasteiger charge is 2.27. The number of hydrogen-bond acceptors (Lipinski definition) is 8. The Labute approximate surface area is 339 Å². The third-order valence-corrected chi connectivity index (χ3v) is 9.36. The fraction of sp³-hybridized carbons (Fsp3) is 0.644. The quantitative estimate of drug-likeness (QED) is 0.0237. The molecule has 0 aliphatic rings. The summed E-state index contributed by atoms with van der Waals surface area (Å²) in [6.07, 6.45) is 50.8. The Hall–Kier alpha value is -2.85. The van der Waals surface area contributed by atoms with E-state index in [1.807, 2.05) is 0 Å². The van der Waals surface area contributed by atoms with Gasteiger partial charge in [-0.15, -0.1) is 0 Å². The van der Waals surface area contributed by atoms with Crippen molar-refractivity contribution in [2.45, 2.75) is 161 Å². The minimum atomic E-state index is -4.64. The van der Waals surface area contributed by atoms with Crippen molar-refractivity contribution in [1.82, 2.24) is 0 Å². The SMILES string of the molecule is CC/C=C\C/C=C\C/C=C\C/C=C\C/C=C\C/C=C\CCCOCC(COP(=O)(O)OCC(N)C(=O)O)OC(=O)CCCCCCC/C=C\CCCCCCC. The van der Waals surface area contributed by atoms with Crippen molar-refractivity contribution in [1.29, 1.82) is 0 Å². The fourth-order valence-corrected chi connectivity index (χ4v) is 5.92. The van der Waals surface area contributed by atoms with E-state index in [0.29, 0.717) is 13.0 Å². The van der Waals surface area contributed by atoms with Crippen molar-refractivity contribution >= 4 is 19.8 Å². The molecule has 0 aromatic rings. The Morgan fingerprint density at radius 1 is 0.589 bits per heavy atom. The first kappa shape index (κ1) is 53.1. The van der Waals surface area contributed by atoms with Gasteiger partial charge in [-0.25, -0.2) is 4.57 Å². The summed E-state index contributed by atoms with van der Waals surface area (Å²) in [5.41, 5.74) is 5.34. The van der Waals surface area contributed by atoms with E-state index in [9.17, 15) is 19.0 Å².